The zero-order valence-electron chi connectivity index (χ0n) is 11.4. The Morgan fingerprint density at radius 3 is 3.05 bits per heavy atom. The van der Waals surface area contributed by atoms with Crippen LogP contribution in [0.3, 0.4) is 0 Å². The van der Waals surface area contributed by atoms with Gasteiger partial charge in [-0.25, -0.2) is 0 Å². The zero-order chi connectivity index (χ0) is 12.8. The smallest absolute Gasteiger partial charge is 0.0246 e. The van der Waals surface area contributed by atoms with Crippen molar-refractivity contribution in [2.75, 3.05) is 12.3 Å². The number of rotatable bonds is 3. The summed E-state index contributed by atoms with van der Waals surface area (Å²) in [6.07, 6.45) is 12.6. The molecule has 0 nitrogen and oxygen atoms in total. The van der Waals surface area contributed by atoms with E-state index < -0.39 is 0 Å². The SMILES string of the molecule is CCCP1CC2=C(C3C=Cc4ccccc43)CC=C21. The van der Waals surface area contributed by atoms with E-state index in [4.69, 9.17) is 0 Å². The van der Waals surface area contributed by atoms with Crippen LogP contribution < -0.4 is 0 Å². The van der Waals surface area contributed by atoms with Crippen molar-refractivity contribution in [2.24, 2.45) is 0 Å². The molecule has 0 amide bonds. The van der Waals surface area contributed by atoms with Gasteiger partial charge in [-0.05, 0) is 40.8 Å². The van der Waals surface area contributed by atoms with Crippen molar-refractivity contribution in [3.8, 4) is 0 Å². The lowest BCUT2D eigenvalue weighted by atomic mass is 9.90. The third-order valence-corrected chi connectivity index (χ3v) is 7.39. The molecule has 0 saturated carbocycles. The van der Waals surface area contributed by atoms with Crippen molar-refractivity contribution >= 4 is 14.0 Å². The second kappa shape index (κ2) is 4.46. The summed E-state index contributed by atoms with van der Waals surface area (Å²) < 4.78 is 0. The Balaban J connectivity index is 1.64. The molecule has 1 aromatic rings. The number of hydrogen-bond donors (Lipinski definition) is 0. The third kappa shape index (κ3) is 1.70. The number of hydrogen-bond acceptors (Lipinski definition) is 0. The predicted molar refractivity (Wildman–Crippen MR) is 84.9 cm³/mol. The summed E-state index contributed by atoms with van der Waals surface area (Å²) in [7, 11) is 0.233. The molecule has 2 atom stereocenters. The molecule has 3 aliphatic rings. The number of fused-ring (bicyclic) bond motifs is 2. The Morgan fingerprint density at radius 2 is 2.16 bits per heavy atom. The first-order valence-electron chi connectivity index (χ1n) is 7.33. The largest absolute Gasteiger partial charge is 0.0724 e. The van der Waals surface area contributed by atoms with Gasteiger partial charge in [-0.15, -0.1) is 0 Å². The van der Waals surface area contributed by atoms with Crippen LogP contribution in [-0.2, 0) is 0 Å². The molecule has 19 heavy (non-hydrogen) atoms. The standard InChI is InChI=1S/C18H19P/c1-2-11-19-12-17-16(9-10-18(17)19)15-8-7-13-5-3-4-6-14(13)15/h3-8,10,15H,2,9,11-12H2,1H3. The summed E-state index contributed by atoms with van der Waals surface area (Å²) >= 11 is 0. The van der Waals surface area contributed by atoms with Gasteiger partial charge < -0.3 is 0 Å². The van der Waals surface area contributed by atoms with Crippen molar-refractivity contribution in [3.05, 3.63) is 64.0 Å². The molecule has 0 bridgehead atoms. The van der Waals surface area contributed by atoms with Crippen LogP contribution in [-0.4, -0.2) is 12.3 Å². The van der Waals surface area contributed by atoms with E-state index in [2.05, 4.69) is 49.4 Å². The van der Waals surface area contributed by atoms with Crippen LogP contribution in [0.5, 0.6) is 0 Å². The minimum atomic E-state index is 0.233. The summed E-state index contributed by atoms with van der Waals surface area (Å²) in [5, 5.41) is 1.75. The van der Waals surface area contributed by atoms with E-state index in [-0.39, 0.29) is 7.92 Å². The molecule has 1 aliphatic heterocycles. The van der Waals surface area contributed by atoms with Crippen LogP contribution >= 0.6 is 7.92 Å². The van der Waals surface area contributed by atoms with Gasteiger partial charge in [0.25, 0.3) is 0 Å². The lowest BCUT2D eigenvalue weighted by Gasteiger charge is -2.33. The zero-order valence-corrected chi connectivity index (χ0v) is 12.3. The van der Waals surface area contributed by atoms with Crippen molar-refractivity contribution in [2.45, 2.75) is 25.7 Å². The molecule has 0 aromatic heterocycles. The van der Waals surface area contributed by atoms with E-state index in [1.807, 2.05) is 0 Å². The third-order valence-electron chi connectivity index (χ3n) is 4.57. The van der Waals surface area contributed by atoms with Gasteiger partial charge in [-0.2, -0.15) is 0 Å². The van der Waals surface area contributed by atoms with Crippen LogP contribution in [0.1, 0.15) is 36.8 Å². The maximum Gasteiger partial charge on any atom is 0.0246 e. The topological polar surface area (TPSA) is 0 Å². The fourth-order valence-electron chi connectivity index (χ4n) is 3.64. The Hall–Kier alpha value is -1.13. The Labute approximate surface area is 116 Å². The first-order valence-corrected chi connectivity index (χ1v) is 9.04. The predicted octanol–water partition coefficient (Wildman–Crippen LogP) is 5.29. The van der Waals surface area contributed by atoms with Crippen LogP contribution in [0.4, 0.5) is 0 Å². The highest BCUT2D eigenvalue weighted by molar-refractivity contribution is 7.65. The monoisotopic (exact) mass is 266 g/mol. The van der Waals surface area contributed by atoms with Gasteiger partial charge in [-0.1, -0.05) is 69.3 Å². The molecule has 0 radical (unpaired) electrons. The van der Waals surface area contributed by atoms with E-state index in [9.17, 15) is 0 Å². The second-order valence-electron chi connectivity index (χ2n) is 5.68. The minimum Gasteiger partial charge on any atom is -0.0724 e. The lowest BCUT2D eigenvalue weighted by molar-refractivity contribution is 0.958. The van der Waals surface area contributed by atoms with Crippen molar-refractivity contribution < 1.29 is 0 Å². The molecule has 1 saturated heterocycles. The minimum absolute atomic E-state index is 0.233. The normalized spacial score (nSPS) is 27.1. The van der Waals surface area contributed by atoms with Gasteiger partial charge >= 0.3 is 0 Å². The Kier molecular flexibility index (Phi) is 2.74. The van der Waals surface area contributed by atoms with E-state index in [0.717, 1.165) is 0 Å². The highest BCUT2D eigenvalue weighted by Gasteiger charge is 2.36. The quantitative estimate of drug-likeness (QED) is 0.652. The molecule has 1 aromatic carbocycles. The molecule has 2 aliphatic carbocycles. The molecule has 2 unspecified atom stereocenters. The van der Waals surface area contributed by atoms with Crippen LogP contribution in [0.2, 0.25) is 0 Å². The van der Waals surface area contributed by atoms with Gasteiger partial charge in [0.05, 0.1) is 0 Å². The van der Waals surface area contributed by atoms with E-state index >= 15 is 0 Å². The van der Waals surface area contributed by atoms with Crippen LogP contribution in [0.25, 0.3) is 6.08 Å². The van der Waals surface area contributed by atoms with Crippen molar-refractivity contribution in [1.82, 2.24) is 0 Å². The number of benzene rings is 1. The lowest BCUT2D eigenvalue weighted by Crippen LogP contribution is -2.11. The number of allylic oxidation sites excluding steroid dienone is 5. The van der Waals surface area contributed by atoms with Crippen LogP contribution in [0.15, 0.2) is 52.9 Å². The second-order valence-corrected chi connectivity index (χ2v) is 8.01. The molecule has 0 N–H and O–H groups in total. The average molecular weight is 266 g/mol. The van der Waals surface area contributed by atoms with Gasteiger partial charge in [0.1, 0.15) is 0 Å². The molecular weight excluding hydrogens is 247 g/mol. The molecule has 4 rings (SSSR count). The van der Waals surface area contributed by atoms with E-state index in [0.29, 0.717) is 5.92 Å². The highest BCUT2D eigenvalue weighted by atomic mass is 31.1. The van der Waals surface area contributed by atoms with Crippen molar-refractivity contribution in [1.29, 1.82) is 0 Å². The van der Waals surface area contributed by atoms with Gasteiger partial charge in [0.2, 0.25) is 0 Å². The molecule has 1 heterocycles. The summed E-state index contributed by atoms with van der Waals surface area (Å²) in [6.45, 7) is 2.32. The summed E-state index contributed by atoms with van der Waals surface area (Å²) in [5.41, 5.74) is 6.37. The van der Waals surface area contributed by atoms with E-state index in [1.165, 1.54) is 36.3 Å². The Bertz CT molecular complexity index is 618. The molecule has 0 spiro atoms. The van der Waals surface area contributed by atoms with Crippen molar-refractivity contribution in [3.63, 3.8) is 0 Å². The fraction of sp³-hybridized carbons (Fsp3) is 0.333. The molecule has 96 valence electrons. The van der Waals surface area contributed by atoms with E-state index in [1.54, 1.807) is 16.5 Å². The maximum atomic E-state index is 2.53. The molecular formula is C18H19P. The Morgan fingerprint density at radius 1 is 1.26 bits per heavy atom. The highest BCUT2D eigenvalue weighted by Crippen LogP contribution is 2.65. The van der Waals surface area contributed by atoms with Gasteiger partial charge in [-0.3, -0.25) is 0 Å². The molecule has 1 fully saturated rings. The fourth-order valence-corrected chi connectivity index (χ4v) is 6.19. The first kappa shape index (κ1) is 11.7. The van der Waals surface area contributed by atoms with Crippen LogP contribution in [0, 0.1) is 0 Å². The summed E-state index contributed by atoms with van der Waals surface area (Å²) in [6, 6.07) is 8.87. The average Bonchev–Trinajstić information content (AvgIpc) is 2.97. The summed E-state index contributed by atoms with van der Waals surface area (Å²) in [5.74, 6) is 0.568. The molecule has 1 heteroatoms. The maximum absolute atomic E-state index is 2.53. The first-order chi connectivity index (χ1) is 9.38. The van der Waals surface area contributed by atoms with Gasteiger partial charge in [0.15, 0.2) is 0 Å². The van der Waals surface area contributed by atoms with Gasteiger partial charge in [0, 0.05) is 5.92 Å². The summed E-state index contributed by atoms with van der Waals surface area (Å²) in [4.78, 5) is 0.